The summed E-state index contributed by atoms with van der Waals surface area (Å²) in [5.74, 6) is 0.957. The molecule has 0 unspecified atom stereocenters. The van der Waals surface area contributed by atoms with E-state index in [1.165, 1.54) is 5.56 Å². The van der Waals surface area contributed by atoms with Crippen LogP contribution in [0.1, 0.15) is 5.56 Å². The van der Waals surface area contributed by atoms with E-state index in [4.69, 9.17) is 0 Å². The highest BCUT2D eigenvalue weighted by Gasteiger charge is 2.04. The van der Waals surface area contributed by atoms with E-state index in [1.807, 2.05) is 43.5 Å². The summed E-state index contributed by atoms with van der Waals surface area (Å²) < 4.78 is 0. The lowest BCUT2D eigenvalue weighted by Gasteiger charge is -2.16. The molecule has 0 radical (unpaired) electrons. The van der Waals surface area contributed by atoms with Crippen LogP contribution < -0.4 is 10.2 Å². The molecule has 0 aliphatic heterocycles. The highest BCUT2D eigenvalue weighted by Crippen LogP contribution is 2.20. The maximum atomic E-state index is 4.33. The minimum Gasteiger partial charge on any atom is -0.378 e. The summed E-state index contributed by atoms with van der Waals surface area (Å²) >= 11 is 0. The van der Waals surface area contributed by atoms with Crippen molar-refractivity contribution >= 4 is 11.5 Å². The van der Waals surface area contributed by atoms with Crippen LogP contribution in [0, 0.1) is 0 Å². The first-order chi connectivity index (χ1) is 7.77. The number of hydrogen-bond donors (Lipinski definition) is 2. The van der Waals surface area contributed by atoms with Gasteiger partial charge in [0.15, 0.2) is 5.82 Å². The first-order valence-electron chi connectivity index (χ1n) is 5.25. The Hall–Kier alpha value is -1.97. The lowest BCUT2D eigenvalue weighted by molar-refractivity contribution is 1.05. The van der Waals surface area contributed by atoms with Crippen molar-refractivity contribution in [1.29, 1.82) is 0 Å². The molecule has 0 saturated heterocycles. The molecule has 16 heavy (non-hydrogen) atoms. The number of nitrogens with zero attached hydrogens (tertiary/aromatic N) is 2. The number of hydrogen-bond acceptors (Lipinski definition) is 3. The molecule has 2 N–H and O–H groups in total. The summed E-state index contributed by atoms with van der Waals surface area (Å²) in [7, 11) is 3.98. The lowest BCUT2D eigenvalue weighted by atomic mass is 10.3. The topological polar surface area (TPSA) is 44.0 Å². The van der Waals surface area contributed by atoms with E-state index in [1.54, 1.807) is 6.20 Å². The maximum absolute atomic E-state index is 4.33. The quantitative estimate of drug-likeness (QED) is 0.822. The molecule has 0 aliphatic carbocycles. The lowest BCUT2D eigenvalue weighted by Crippen LogP contribution is -2.13. The van der Waals surface area contributed by atoms with Gasteiger partial charge in [-0.3, -0.25) is 0 Å². The fourth-order valence-electron chi connectivity index (χ4n) is 1.56. The largest absolute Gasteiger partial charge is 0.378 e. The zero-order chi connectivity index (χ0) is 11.4. The Balaban J connectivity index is 2.09. The summed E-state index contributed by atoms with van der Waals surface area (Å²) in [4.78, 5) is 9.37. The van der Waals surface area contributed by atoms with Crippen molar-refractivity contribution in [2.45, 2.75) is 6.54 Å². The predicted molar refractivity (Wildman–Crippen MR) is 66.7 cm³/mol. The number of anilines is 2. The van der Waals surface area contributed by atoms with Gasteiger partial charge in [0.05, 0.1) is 5.69 Å². The van der Waals surface area contributed by atoms with Crippen LogP contribution in [-0.2, 0) is 6.54 Å². The average molecular weight is 216 g/mol. The molecule has 0 amide bonds. The van der Waals surface area contributed by atoms with Crippen LogP contribution in [0.5, 0.6) is 0 Å². The molecule has 4 heteroatoms. The Bertz CT molecular complexity index is 434. The van der Waals surface area contributed by atoms with E-state index >= 15 is 0 Å². The Labute approximate surface area is 95.3 Å². The molecule has 2 heterocycles. The number of H-pyrrole nitrogens is 1. The second-order valence-corrected chi connectivity index (χ2v) is 3.84. The summed E-state index contributed by atoms with van der Waals surface area (Å²) in [6, 6.07) is 6.03. The summed E-state index contributed by atoms with van der Waals surface area (Å²) in [5, 5.41) is 3.37. The number of aromatic nitrogens is 2. The zero-order valence-electron chi connectivity index (χ0n) is 9.57. The van der Waals surface area contributed by atoms with Crippen molar-refractivity contribution in [3.8, 4) is 0 Å². The third-order valence-electron chi connectivity index (χ3n) is 2.36. The average Bonchev–Trinajstić information content (AvgIpc) is 2.79. The SMILES string of the molecule is CN(C)c1ncccc1NCc1cc[nH]c1. The summed E-state index contributed by atoms with van der Waals surface area (Å²) in [6.07, 6.45) is 5.71. The van der Waals surface area contributed by atoms with E-state index in [9.17, 15) is 0 Å². The van der Waals surface area contributed by atoms with Gasteiger partial charge < -0.3 is 15.2 Å². The highest BCUT2D eigenvalue weighted by molar-refractivity contribution is 5.64. The number of nitrogens with one attached hydrogen (secondary N) is 2. The normalized spacial score (nSPS) is 10.1. The summed E-state index contributed by atoms with van der Waals surface area (Å²) in [6.45, 7) is 0.802. The molecule has 2 aromatic heterocycles. The first-order valence-corrected chi connectivity index (χ1v) is 5.25. The second-order valence-electron chi connectivity index (χ2n) is 3.84. The molecule has 0 aliphatic rings. The molecule has 0 fully saturated rings. The van der Waals surface area contributed by atoms with Crippen LogP contribution in [-0.4, -0.2) is 24.1 Å². The summed E-state index contributed by atoms with van der Waals surface area (Å²) in [5.41, 5.74) is 2.28. The number of rotatable bonds is 4. The predicted octanol–water partition coefficient (Wildman–Crippen LogP) is 2.09. The molecule has 0 saturated carbocycles. The molecule has 0 aromatic carbocycles. The monoisotopic (exact) mass is 216 g/mol. The van der Waals surface area contributed by atoms with Gasteiger partial charge in [0.2, 0.25) is 0 Å². The Kier molecular flexibility index (Phi) is 3.10. The van der Waals surface area contributed by atoms with Gasteiger partial charge in [-0.2, -0.15) is 0 Å². The standard InChI is InChI=1S/C12H16N4/c1-16(2)12-11(4-3-6-14-12)15-9-10-5-7-13-8-10/h3-8,13,15H,9H2,1-2H3. The van der Waals surface area contributed by atoms with E-state index in [0.29, 0.717) is 0 Å². The molecule has 2 rings (SSSR count). The van der Waals surface area contributed by atoms with Gasteiger partial charge in [0.1, 0.15) is 0 Å². The Morgan fingerprint density at radius 1 is 1.38 bits per heavy atom. The van der Waals surface area contributed by atoms with Gasteiger partial charge in [-0.05, 0) is 23.8 Å². The van der Waals surface area contributed by atoms with Crippen LogP contribution in [0.15, 0.2) is 36.8 Å². The van der Waals surface area contributed by atoms with Crippen molar-refractivity contribution in [2.75, 3.05) is 24.3 Å². The van der Waals surface area contributed by atoms with Crippen LogP contribution >= 0.6 is 0 Å². The van der Waals surface area contributed by atoms with E-state index in [2.05, 4.69) is 21.4 Å². The van der Waals surface area contributed by atoms with Crippen molar-refractivity contribution in [2.24, 2.45) is 0 Å². The van der Waals surface area contributed by atoms with Gasteiger partial charge >= 0.3 is 0 Å². The molecule has 0 bridgehead atoms. The van der Waals surface area contributed by atoms with Crippen LogP contribution in [0.25, 0.3) is 0 Å². The highest BCUT2D eigenvalue weighted by atomic mass is 15.2. The molecule has 0 atom stereocenters. The fraction of sp³-hybridized carbons (Fsp3) is 0.250. The van der Waals surface area contributed by atoms with Gasteiger partial charge in [-0.15, -0.1) is 0 Å². The van der Waals surface area contributed by atoms with Crippen molar-refractivity contribution in [1.82, 2.24) is 9.97 Å². The maximum Gasteiger partial charge on any atom is 0.151 e. The van der Waals surface area contributed by atoms with Crippen LogP contribution in [0.4, 0.5) is 11.5 Å². The van der Waals surface area contributed by atoms with Gasteiger partial charge in [0.25, 0.3) is 0 Å². The molecule has 0 spiro atoms. The van der Waals surface area contributed by atoms with Crippen LogP contribution in [0.2, 0.25) is 0 Å². The van der Waals surface area contributed by atoms with Gasteiger partial charge in [-0.1, -0.05) is 0 Å². The third kappa shape index (κ3) is 2.34. The fourth-order valence-corrected chi connectivity index (χ4v) is 1.56. The van der Waals surface area contributed by atoms with Crippen LogP contribution in [0.3, 0.4) is 0 Å². The third-order valence-corrected chi connectivity index (χ3v) is 2.36. The Morgan fingerprint density at radius 3 is 2.94 bits per heavy atom. The molecule has 2 aromatic rings. The van der Waals surface area contributed by atoms with Crippen molar-refractivity contribution < 1.29 is 0 Å². The van der Waals surface area contributed by atoms with Gasteiger partial charge in [0, 0.05) is 39.2 Å². The first kappa shape index (κ1) is 10.5. The van der Waals surface area contributed by atoms with E-state index in [-0.39, 0.29) is 0 Å². The second kappa shape index (κ2) is 4.70. The number of aromatic amines is 1. The molecule has 4 nitrogen and oxygen atoms in total. The van der Waals surface area contributed by atoms with Crippen molar-refractivity contribution in [3.05, 3.63) is 42.4 Å². The smallest absolute Gasteiger partial charge is 0.151 e. The van der Waals surface area contributed by atoms with Gasteiger partial charge in [-0.25, -0.2) is 4.98 Å². The molecular weight excluding hydrogens is 200 g/mol. The zero-order valence-corrected chi connectivity index (χ0v) is 9.57. The Morgan fingerprint density at radius 2 is 2.25 bits per heavy atom. The molecule has 84 valence electrons. The van der Waals surface area contributed by atoms with E-state index < -0.39 is 0 Å². The molecular formula is C12H16N4. The van der Waals surface area contributed by atoms with Crippen molar-refractivity contribution in [3.63, 3.8) is 0 Å². The number of pyridine rings is 1. The van der Waals surface area contributed by atoms with E-state index in [0.717, 1.165) is 18.1 Å². The minimum atomic E-state index is 0.802. The minimum absolute atomic E-state index is 0.802.